The fraction of sp³-hybridized carbons (Fsp3) is 0.0400. The van der Waals surface area contributed by atoms with E-state index in [1.54, 1.807) is 0 Å². The number of aromatic hydroxyl groups is 1. The van der Waals surface area contributed by atoms with E-state index >= 15 is 0 Å². The number of nitrogens with one attached hydrogen (secondary N) is 2. The summed E-state index contributed by atoms with van der Waals surface area (Å²) in [5, 5.41) is 15.3. The minimum absolute atomic E-state index is 0.137. The Kier molecular flexibility index (Phi) is 6.96. The number of benzene rings is 3. The summed E-state index contributed by atoms with van der Waals surface area (Å²) in [6.45, 7) is 0. The average molecular weight is 526 g/mol. The van der Waals surface area contributed by atoms with E-state index in [0.717, 1.165) is 4.90 Å². The molecule has 0 saturated heterocycles. The van der Waals surface area contributed by atoms with Crippen LogP contribution in [0.4, 0.5) is 17.1 Å². The van der Waals surface area contributed by atoms with E-state index in [1.165, 1.54) is 73.8 Å². The molecule has 0 aliphatic carbocycles. The standard InChI is InChI=1S/C25H17Cl2N3O6/c1-36-25(35)14-4-9-17(10-5-14)30-23(33)20(27)21(24(30)34)28-16-7-2-13(3-8-16)22(32)29-18-12-15(26)6-11-19(18)31/h2-12,28,31H,1H3,(H,29,32). The molecule has 3 N–H and O–H groups in total. The fourth-order valence-electron chi connectivity index (χ4n) is 3.36. The second-order valence-corrected chi connectivity index (χ2v) is 8.31. The lowest BCUT2D eigenvalue weighted by atomic mass is 10.1. The summed E-state index contributed by atoms with van der Waals surface area (Å²) in [5.41, 5.74) is 1.16. The number of rotatable bonds is 6. The highest BCUT2D eigenvalue weighted by Gasteiger charge is 2.39. The third-order valence-electron chi connectivity index (χ3n) is 5.20. The number of carbonyl (C=O) groups is 4. The zero-order valence-electron chi connectivity index (χ0n) is 18.5. The number of halogens is 2. The molecule has 0 spiro atoms. The third-order valence-corrected chi connectivity index (χ3v) is 5.78. The van der Waals surface area contributed by atoms with E-state index in [0.29, 0.717) is 10.7 Å². The van der Waals surface area contributed by atoms with Gasteiger partial charge in [-0.1, -0.05) is 23.2 Å². The number of hydrogen-bond acceptors (Lipinski definition) is 7. The molecule has 0 atom stereocenters. The van der Waals surface area contributed by atoms with Crippen LogP contribution in [0.2, 0.25) is 5.02 Å². The number of anilines is 3. The van der Waals surface area contributed by atoms with E-state index in [-0.39, 0.29) is 39.0 Å². The maximum absolute atomic E-state index is 13.0. The molecule has 1 heterocycles. The number of phenols is 1. The first-order chi connectivity index (χ1) is 17.2. The Bertz CT molecular complexity index is 1420. The summed E-state index contributed by atoms with van der Waals surface area (Å²) in [5.74, 6) is -2.60. The summed E-state index contributed by atoms with van der Waals surface area (Å²) in [6.07, 6.45) is 0. The molecule has 3 amide bonds. The molecule has 3 aromatic carbocycles. The lowest BCUT2D eigenvalue weighted by Gasteiger charge is -2.15. The van der Waals surface area contributed by atoms with Gasteiger partial charge in [-0.3, -0.25) is 14.4 Å². The zero-order valence-corrected chi connectivity index (χ0v) is 20.1. The van der Waals surface area contributed by atoms with Crippen LogP contribution in [0.5, 0.6) is 5.75 Å². The van der Waals surface area contributed by atoms with Crippen molar-refractivity contribution < 1.29 is 29.0 Å². The Balaban J connectivity index is 1.47. The first-order valence-electron chi connectivity index (χ1n) is 10.3. The molecule has 0 unspecified atom stereocenters. The predicted molar refractivity (Wildman–Crippen MR) is 134 cm³/mol. The summed E-state index contributed by atoms with van der Waals surface area (Å²) in [7, 11) is 1.24. The molecule has 4 rings (SSSR count). The number of methoxy groups -OCH3 is 1. The molecule has 0 fully saturated rings. The van der Waals surface area contributed by atoms with Gasteiger partial charge in [0.1, 0.15) is 16.5 Å². The number of esters is 1. The molecule has 1 aliphatic rings. The number of carbonyl (C=O) groups excluding carboxylic acids is 4. The topological polar surface area (TPSA) is 125 Å². The molecule has 11 heteroatoms. The van der Waals surface area contributed by atoms with E-state index in [9.17, 15) is 24.3 Å². The molecule has 0 aromatic heterocycles. The molecular formula is C25H17Cl2N3O6. The smallest absolute Gasteiger partial charge is 0.337 e. The Labute approximate surface area is 214 Å². The van der Waals surface area contributed by atoms with Crippen LogP contribution in [0.25, 0.3) is 0 Å². The lowest BCUT2D eigenvalue weighted by Crippen LogP contribution is -2.32. The largest absolute Gasteiger partial charge is 0.506 e. The second kappa shape index (κ2) is 10.1. The minimum Gasteiger partial charge on any atom is -0.506 e. The Morgan fingerprint density at radius 3 is 2.17 bits per heavy atom. The maximum atomic E-state index is 13.0. The normalized spacial score (nSPS) is 13.1. The zero-order chi connectivity index (χ0) is 26.0. The summed E-state index contributed by atoms with van der Waals surface area (Å²) in [4.78, 5) is 50.6. The highest BCUT2D eigenvalue weighted by molar-refractivity contribution is 6.53. The molecule has 0 saturated carbocycles. The third kappa shape index (κ3) is 4.88. The van der Waals surface area contributed by atoms with Crippen molar-refractivity contribution in [2.24, 2.45) is 0 Å². The predicted octanol–water partition coefficient (Wildman–Crippen LogP) is 4.52. The van der Waals surface area contributed by atoms with Crippen molar-refractivity contribution in [1.82, 2.24) is 0 Å². The van der Waals surface area contributed by atoms with Gasteiger partial charge in [0, 0.05) is 16.3 Å². The van der Waals surface area contributed by atoms with Gasteiger partial charge in [0.15, 0.2) is 0 Å². The van der Waals surface area contributed by atoms with E-state index in [1.807, 2.05) is 0 Å². The number of ether oxygens (including phenoxy) is 1. The van der Waals surface area contributed by atoms with Gasteiger partial charge >= 0.3 is 5.97 Å². The molecule has 3 aromatic rings. The van der Waals surface area contributed by atoms with Crippen LogP contribution in [0.3, 0.4) is 0 Å². The highest BCUT2D eigenvalue weighted by Crippen LogP contribution is 2.31. The molecule has 0 bridgehead atoms. The van der Waals surface area contributed by atoms with Gasteiger partial charge in [0.25, 0.3) is 17.7 Å². The summed E-state index contributed by atoms with van der Waals surface area (Å²) >= 11 is 12.1. The van der Waals surface area contributed by atoms with Crippen molar-refractivity contribution >= 4 is 64.0 Å². The number of nitrogens with zero attached hydrogens (tertiary/aromatic N) is 1. The van der Waals surface area contributed by atoms with E-state index < -0.39 is 23.7 Å². The number of imide groups is 1. The minimum atomic E-state index is -0.729. The Hall–Kier alpha value is -4.34. The van der Waals surface area contributed by atoms with Crippen LogP contribution in [0, 0.1) is 0 Å². The number of hydrogen-bond donors (Lipinski definition) is 3. The van der Waals surface area contributed by atoms with Crippen molar-refractivity contribution in [3.05, 3.63) is 93.6 Å². The van der Waals surface area contributed by atoms with E-state index in [4.69, 9.17) is 23.2 Å². The van der Waals surface area contributed by atoms with Crippen LogP contribution in [0.1, 0.15) is 20.7 Å². The fourth-order valence-corrected chi connectivity index (χ4v) is 3.75. The van der Waals surface area contributed by atoms with Crippen LogP contribution in [-0.2, 0) is 14.3 Å². The van der Waals surface area contributed by atoms with Gasteiger partial charge in [0.05, 0.1) is 24.0 Å². The molecular weight excluding hydrogens is 509 g/mol. The Morgan fingerprint density at radius 1 is 0.889 bits per heavy atom. The van der Waals surface area contributed by atoms with Gasteiger partial charge in [-0.15, -0.1) is 0 Å². The van der Waals surface area contributed by atoms with Gasteiger partial charge in [-0.2, -0.15) is 0 Å². The van der Waals surface area contributed by atoms with E-state index in [2.05, 4.69) is 15.4 Å². The van der Waals surface area contributed by atoms with Crippen molar-refractivity contribution in [1.29, 1.82) is 0 Å². The first-order valence-corrected chi connectivity index (χ1v) is 11.1. The summed E-state index contributed by atoms with van der Waals surface area (Å²) < 4.78 is 4.64. The second-order valence-electron chi connectivity index (χ2n) is 7.49. The van der Waals surface area contributed by atoms with Crippen LogP contribution in [0.15, 0.2) is 77.5 Å². The van der Waals surface area contributed by atoms with Crippen molar-refractivity contribution in [3.8, 4) is 5.75 Å². The number of phenolic OH excluding ortho intramolecular Hbond substituents is 1. The Morgan fingerprint density at radius 2 is 1.53 bits per heavy atom. The number of amides is 3. The molecule has 0 radical (unpaired) electrons. The van der Waals surface area contributed by atoms with Gasteiger partial charge in [-0.25, -0.2) is 9.69 Å². The highest BCUT2D eigenvalue weighted by atomic mass is 35.5. The van der Waals surface area contributed by atoms with Gasteiger partial charge < -0.3 is 20.5 Å². The molecule has 1 aliphatic heterocycles. The lowest BCUT2D eigenvalue weighted by molar-refractivity contribution is -0.120. The quantitative estimate of drug-likeness (QED) is 0.245. The maximum Gasteiger partial charge on any atom is 0.337 e. The van der Waals surface area contributed by atoms with Crippen LogP contribution < -0.4 is 15.5 Å². The van der Waals surface area contributed by atoms with Crippen LogP contribution >= 0.6 is 23.2 Å². The monoisotopic (exact) mass is 525 g/mol. The van der Waals surface area contributed by atoms with Gasteiger partial charge in [0.2, 0.25) is 0 Å². The SMILES string of the molecule is COC(=O)c1ccc(N2C(=O)C(Cl)=C(Nc3ccc(C(=O)Nc4cc(Cl)ccc4O)cc3)C2=O)cc1. The molecule has 182 valence electrons. The molecule has 9 nitrogen and oxygen atoms in total. The van der Waals surface area contributed by atoms with Crippen molar-refractivity contribution in [2.45, 2.75) is 0 Å². The first kappa shape index (κ1) is 24.8. The average Bonchev–Trinajstić information content (AvgIpc) is 3.09. The van der Waals surface area contributed by atoms with Crippen LogP contribution in [-0.4, -0.2) is 35.9 Å². The van der Waals surface area contributed by atoms with Crippen molar-refractivity contribution in [2.75, 3.05) is 22.6 Å². The van der Waals surface area contributed by atoms with Crippen molar-refractivity contribution in [3.63, 3.8) is 0 Å². The molecule has 36 heavy (non-hydrogen) atoms. The van der Waals surface area contributed by atoms with Gasteiger partial charge in [-0.05, 0) is 66.7 Å². The summed E-state index contributed by atoms with van der Waals surface area (Å²) in [6, 6.07) is 16.0.